The zero-order valence-electron chi connectivity index (χ0n) is 9.72. The first kappa shape index (κ1) is 14.9. The topological polar surface area (TPSA) is 90.2 Å². The third-order valence-corrected chi connectivity index (χ3v) is 4.15. The molecule has 0 fully saturated rings. The Morgan fingerprint density at radius 1 is 1.56 bits per heavy atom. The van der Waals surface area contributed by atoms with Crippen molar-refractivity contribution in [3.05, 3.63) is 28.8 Å². The Labute approximate surface area is 111 Å². The molecule has 0 bridgehead atoms. The van der Waals surface area contributed by atoms with Crippen LogP contribution < -0.4 is 4.72 Å². The molecule has 1 unspecified atom stereocenters. The highest BCUT2D eigenvalue weighted by molar-refractivity contribution is 7.89. The SMILES string of the molecule is CC(O)CCNS(=O)(=O)c1cc(C#N)ccc1Cl. The molecule has 0 aliphatic rings. The van der Waals surface area contributed by atoms with Gasteiger partial charge in [-0.15, -0.1) is 0 Å². The van der Waals surface area contributed by atoms with Crippen LogP contribution >= 0.6 is 11.6 Å². The second-order valence-electron chi connectivity index (χ2n) is 3.79. The van der Waals surface area contributed by atoms with E-state index in [2.05, 4.69) is 4.72 Å². The minimum absolute atomic E-state index is 0.0542. The quantitative estimate of drug-likeness (QED) is 0.853. The van der Waals surface area contributed by atoms with Crippen molar-refractivity contribution < 1.29 is 13.5 Å². The highest BCUT2D eigenvalue weighted by Crippen LogP contribution is 2.22. The lowest BCUT2D eigenvalue weighted by atomic mass is 10.2. The van der Waals surface area contributed by atoms with Crippen molar-refractivity contribution in [1.29, 1.82) is 5.26 Å². The summed E-state index contributed by atoms with van der Waals surface area (Å²) < 4.78 is 26.1. The van der Waals surface area contributed by atoms with E-state index in [1.165, 1.54) is 18.2 Å². The molecule has 1 aromatic rings. The van der Waals surface area contributed by atoms with Gasteiger partial charge in [0.25, 0.3) is 0 Å². The fraction of sp³-hybridized carbons (Fsp3) is 0.364. The highest BCUT2D eigenvalue weighted by atomic mass is 35.5. The molecule has 18 heavy (non-hydrogen) atoms. The monoisotopic (exact) mass is 288 g/mol. The van der Waals surface area contributed by atoms with E-state index in [1.807, 2.05) is 6.07 Å². The minimum Gasteiger partial charge on any atom is -0.393 e. The second-order valence-corrected chi connectivity index (χ2v) is 5.94. The lowest BCUT2D eigenvalue weighted by molar-refractivity contribution is 0.186. The summed E-state index contributed by atoms with van der Waals surface area (Å²) in [5.74, 6) is 0. The molecule has 0 amide bonds. The molecule has 98 valence electrons. The van der Waals surface area contributed by atoms with Crippen molar-refractivity contribution in [2.24, 2.45) is 0 Å². The Morgan fingerprint density at radius 2 is 2.22 bits per heavy atom. The third kappa shape index (κ3) is 3.96. The fourth-order valence-corrected chi connectivity index (χ4v) is 2.83. The molecule has 1 aromatic carbocycles. The molecule has 0 aromatic heterocycles. The Bertz CT molecular complexity index is 564. The maximum Gasteiger partial charge on any atom is 0.242 e. The summed E-state index contributed by atoms with van der Waals surface area (Å²) in [5.41, 5.74) is 0.218. The number of aliphatic hydroxyl groups is 1. The summed E-state index contributed by atoms with van der Waals surface area (Å²) in [6.45, 7) is 1.67. The number of hydrogen-bond acceptors (Lipinski definition) is 4. The maximum absolute atomic E-state index is 11.9. The average molecular weight is 289 g/mol. The molecule has 0 aliphatic carbocycles. The van der Waals surface area contributed by atoms with Crippen molar-refractivity contribution in [1.82, 2.24) is 4.72 Å². The molecule has 7 heteroatoms. The number of aliphatic hydroxyl groups excluding tert-OH is 1. The van der Waals surface area contributed by atoms with Crippen LogP contribution in [0.3, 0.4) is 0 Å². The van der Waals surface area contributed by atoms with E-state index in [1.54, 1.807) is 6.92 Å². The molecule has 5 nitrogen and oxygen atoms in total. The van der Waals surface area contributed by atoms with Gasteiger partial charge in [-0.2, -0.15) is 5.26 Å². The zero-order chi connectivity index (χ0) is 13.8. The predicted octanol–water partition coefficient (Wildman–Crippen LogP) is 1.26. The van der Waals surface area contributed by atoms with Crippen LogP contribution in [0.2, 0.25) is 5.02 Å². The summed E-state index contributed by atoms with van der Waals surface area (Å²) in [4.78, 5) is -0.131. The van der Waals surface area contributed by atoms with Gasteiger partial charge in [-0.05, 0) is 31.5 Å². The molecular formula is C11H13ClN2O3S. The van der Waals surface area contributed by atoms with Crippen molar-refractivity contribution >= 4 is 21.6 Å². The van der Waals surface area contributed by atoms with E-state index in [9.17, 15) is 8.42 Å². The first-order chi connectivity index (χ1) is 8.36. The fourth-order valence-electron chi connectivity index (χ4n) is 1.26. The van der Waals surface area contributed by atoms with Gasteiger partial charge in [-0.1, -0.05) is 11.6 Å². The lowest BCUT2D eigenvalue weighted by Crippen LogP contribution is -2.27. The summed E-state index contributed by atoms with van der Waals surface area (Å²) in [6.07, 6.45) is -0.289. The van der Waals surface area contributed by atoms with Crippen LogP contribution in [0.4, 0.5) is 0 Å². The Balaban J connectivity index is 2.95. The van der Waals surface area contributed by atoms with E-state index >= 15 is 0 Å². The number of nitriles is 1. The first-order valence-electron chi connectivity index (χ1n) is 5.24. The number of hydrogen-bond donors (Lipinski definition) is 2. The van der Waals surface area contributed by atoms with Gasteiger partial charge >= 0.3 is 0 Å². The van der Waals surface area contributed by atoms with Gasteiger partial charge in [-0.25, -0.2) is 13.1 Å². The van der Waals surface area contributed by atoms with Crippen LogP contribution in [0, 0.1) is 11.3 Å². The van der Waals surface area contributed by atoms with Crippen LogP contribution in [0.1, 0.15) is 18.9 Å². The number of nitrogens with one attached hydrogen (secondary N) is 1. The van der Waals surface area contributed by atoms with E-state index in [0.717, 1.165) is 0 Å². The largest absolute Gasteiger partial charge is 0.393 e. The Morgan fingerprint density at radius 3 is 2.78 bits per heavy atom. The number of benzene rings is 1. The summed E-state index contributed by atoms with van der Waals surface area (Å²) in [5, 5.41) is 17.8. The first-order valence-corrected chi connectivity index (χ1v) is 7.10. The van der Waals surface area contributed by atoms with Crippen LogP contribution in [0.25, 0.3) is 0 Å². The normalized spacial score (nSPS) is 13.0. The number of nitrogens with zero attached hydrogens (tertiary/aromatic N) is 1. The van der Waals surface area contributed by atoms with Crippen LogP contribution in [0.15, 0.2) is 23.1 Å². The van der Waals surface area contributed by atoms with Crippen molar-refractivity contribution in [2.45, 2.75) is 24.3 Å². The Hall–Kier alpha value is -1.13. The number of rotatable bonds is 5. The van der Waals surface area contributed by atoms with Gasteiger partial charge in [0.2, 0.25) is 10.0 Å². The van der Waals surface area contributed by atoms with Gasteiger partial charge in [0.05, 0.1) is 22.8 Å². The third-order valence-electron chi connectivity index (χ3n) is 2.20. The molecule has 0 spiro atoms. The van der Waals surface area contributed by atoms with Crippen molar-refractivity contribution in [2.75, 3.05) is 6.54 Å². The van der Waals surface area contributed by atoms with Crippen LogP contribution in [-0.2, 0) is 10.0 Å². The molecule has 2 N–H and O–H groups in total. The summed E-state index contributed by atoms with van der Waals surface area (Å²) in [7, 11) is -3.76. The van der Waals surface area contributed by atoms with E-state index < -0.39 is 16.1 Å². The van der Waals surface area contributed by atoms with Gasteiger partial charge in [0, 0.05) is 6.54 Å². The van der Waals surface area contributed by atoms with Crippen molar-refractivity contribution in [3.63, 3.8) is 0 Å². The molecule has 1 rings (SSSR count). The van der Waals surface area contributed by atoms with E-state index in [0.29, 0.717) is 6.42 Å². The van der Waals surface area contributed by atoms with Crippen molar-refractivity contribution in [3.8, 4) is 6.07 Å². The summed E-state index contributed by atoms with van der Waals surface area (Å²) in [6, 6.07) is 5.87. The maximum atomic E-state index is 11.9. The molecule has 0 radical (unpaired) electrons. The molecule has 0 aliphatic heterocycles. The summed E-state index contributed by atoms with van der Waals surface area (Å²) >= 11 is 5.80. The molecule has 0 saturated carbocycles. The number of halogens is 1. The molecular weight excluding hydrogens is 276 g/mol. The zero-order valence-corrected chi connectivity index (χ0v) is 11.3. The molecule has 0 saturated heterocycles. The van der Waals surface area contributed by atoms with Gasteiger partial charge in [-0.3, -0.25) is 0 Å². The van der Waals surface area contributed by atoms with Gasteiger partial charge < -0.3 is 5.11 Å². The lowest BCUT2D eigenvalue weighted by Gasteiger charge is -2.09. The second kappa shape index (κ2) is 6.16. The van der Waals surface area contributed by atoms with Crippen LogP contribution in [-0.4, -0.2) is 26.2 Å². The number of sulfonamides is 1. The standard InChI is InChI=1S/C11H13ClN2O3S/c1-8(15)4-5-14-18(16,17)11-6-9(7-13)2-3-10(11)12/h2-3,6,8,14-15H,4-5H2,1H3. The van der Waals surface area contributed by atoms with E-state index in [-0.39, 0.29) is 22.0 Å². The predicted molar refractivity (Wildman–Crippen MR) is 67.7 cm³/mol. The van der Waals surface area contributed by atoms with Gasteiger partial charge in [0.1, 0.15) is 4.90 Å². The Kier molecular flexibility index (Phi) is 5.11. The molecule has 1 atom stereocenters. The minimum atomic E-state index is -3.76. The van der Waals surface area contributed by atoms with Gasteiger partial charge in [0.15, 0.2) is 0 Å². The smallest absolute Gasteiger partial charge is 0.242 e. The molecule has 0 heterocycles. The van der Waals surface area contributed by atoms with E-state index in [4.69, 9.17) is 22.0 Å². The average Bonchev–Trinajstić information content (AvgIpc) is 2.28. The van der Waals surface area contributed by atoms with Crippen LogP contribution in [0.5, 0.6) is 0 Å². The highest BCUT2D eigenvalue weighted by Gasteiger charge is 2.18.